The van der Waals surface area contributed by atoms with Gasteiger partial charge in [-0.25, -0.2) is 0 Å². The van der Waals surface area contributed by atoms with Gasteiger partial charge in [0.25, 0.3) is 0 Å². The molecule has 2 atom stereocenters. The highest BCUT2D eigenvalue weighted by Gasteiger charge is 2.27. The van der Waals surface area contributed by atoms with Crippen molar-refractivity contribution in [2.75, 3.05) is 0 Å². The van der Waals surface area contributed by atoms with Crippen molar-refractivity contribution in [3.8, 4) is 0 Å². The van der Waals surface area contributed by atoms with Gasteiger partial charge in [0, 0.05) is 12.3 Å². The van der Waals surface area contributed by atoms with Crippen LogP contribution >= 0.6 is 0 Å². The summed E-state index contributed by atoms with van der Waals surface area (Å²) in [5.74, 6) is 0.729. The van der Waals surface area contributed by atoms with Gasteiger partial charge in [0.1, 0.15) is 12.1 Å². The SMILES string of the molecule is CC(=O)CC1CCCC1C=O. The summed E-state index contributed by atoms with van der Waals surface area (Å²) in [4.78, 5) is 21.2. The summed E-state index contributed by atoms with van der Waals surface area (Å²) in [6.45, 7) is 1.60. The maximum atomic E-state index is 10.7. The van der Waals surface area contributed by atoms with Crippen molar-refractivity contribution >= 4 is 12.1 Å². The molecule has 0 aromatic heterocycles. The van der Waals surface area contributed by atoms with E-state index in [-0.39, 0.29) is 11.7 Å². The predicted molar refractivity (Wildman–Crippen MR) is 42.2 cm³/mol. The summed E-state index contributed by atoms with van der Waals surface area (Å²) in [5, 5.41) is 0. The molecule has 62 valence electrons. The van der Waals surface area contributed by atoms with E-state index in [2.05, 4.69) is 0 Å². The number of ketones is 1. The molecule has 0 radical (unpaired) electrons. The standard InChI is InChI=1S/C9H14O2/c1-7(11)5-8-3-2-4-9(8)6-10/h6,8-9H,2-5H2,1H3. The van der Waals surface area contributed by atoms with Crippen LogP contribution in [0.3, 0.4) is 0 Å². The molecule has 1 fully saturated rings. The molecule has 1 rings (SSSR count). The topological polar surface area (TPSA) is 34.1 Å². The number of rotatable bonds is 3. The Morgan fingerprint density at radius 1 is 1.55 bits per heavy atom. The second-order valence-electron chi connectivity index (χ2n) is 3.40. The Kier molecular flexibility index (Phi) is 2.80. The lowest BCUT2D eigenvalue weighted by atomic mass is 9.93. The maximum absolute atomic E-state index is 10.7. The lowest BCUT2D eigenvalue weighted by Gasteiger charge is -2.10. The molecule has 1 aliphatic carbocycles. The highest BCUT2D eigenvalue weighted by Crippen LogP contribution is 2.32. The second kappa shape index (κ2) is 3.65. The molecule has 2 nitrogen and oxygen atoms in total. The van der Waals surface area contributed by atoms with Crippen molar-refractivity contribution in [2.45, 2.75) is 32.6 Å². The van der Waals surface area contributed by atoms with Crippen molar-refractivity contribution in [1.29, 1.82) is 0 Å². The van der Waals surface area contributed by atoms with Crippen LogP contribution in [-0.2, 0) is 9.59 Å². The molecule has 0 aliphatic heterocycles. The second-order valence-corrected chi connectivity index (χ2v) is 3.40. The minimum atomic E-state index is 0.166. The molecule has 11 heavy (non-hydrogen) atoms. The van der Waals surface area contributed by atoms with Gasteiger partial charge in [-0.3, -0.25) is 0 Å². The Morgan fingerprint density at radius 2 is 2.27 bits per heavy atom. The molecule has 0 N–H and O–H groups in total. The van der Waals surface area contributed by atoms with E-state index in [1.807, 2.05) is 0 Å². The number of hydrogen-bond acceptors (Lipinski definition) is 2. The van der Waals surface area contributed by atoms with Crippen LogP contribution < -0.4 is 0 Å². The molecule has 1 aliphatic rings. The van der Waals surface area contributed by atoms with Crippen molar-refractivity contribution in [2.24, 2.45) is 11.8 Å². The zero-order chi connectivity index (χ0) is 8.27. The lowest BCUT2D eigenvalue weighted by molar-refractivity contribution is -0.118. The lowest BCUT2D eigenvalue weighted by Crippen LogP contribution is -2.12. The van der Waals surface area contributed by atoms with Gasteiger partial charge in [-0.2, -0.15) is 0 Å². The zero-order valence-corrected chi connectivity index (χ0v) is 6.88. The zero-order valence-electron chi connectivity index (χ0n) is 6.88. The van der Waals surface area contributed by atoms with Gasteiger partial charge in [0.2, 0.25) is 0 Å². The van der Waals surface area contributed by atoms with E-state index in [0.29, 0.717) is 12.3 Å². The van der Waals surface area contributed by atoms with E-state index >= 15 is 0 Å². The molecular formula is C9H14O2. The number of Topliss-reactive ketones (excluding diaryl/α,β-unsaturated/α-hetero) is 1. The molecule has 0 spiro atoms. The van der Waals surface area contributed by atoms with Crippen LogP contribution in [0.15, 0.2) is 0 Å². The number of carbonyl (C=O) groups excluding carboxylic acids is 2. The summed E-state index contributed by atoms with van der Waals surface area (Å²) >= 11 is 0. The van der Waals surface area contributed by atoms with E-state index in [0.717, 1.165) is 25.5 Å². The molecule has 0 heterocycles. The summed E-state index contributed by atoms with van der Waals surface area (Å²) in [6.07, 6.45) is 4.77. The van der Waals surface area contributed by atoms with E-state index in [1.165, 1.54) is 0 Å². The third-order valence-corrected chi connectivity index (χ3v) is 2.44. The molecule has 2 heteroatoms. The fraction of sp³-hybridized carbons (Fsp3) is 0.778. The Balaban J connectivity index is 2.43. The van der Waals surface area contributed by atoms with Crippen molar-refractivity contribution < 1.29 is 9.59 Å². The molecule has 0 saturated heterocycles. The van der Waals surface area contributed by atoms with Gasteiger partial charge < -0.3 is 9.59 Å². The molecule has 0 amide bonds. The third-order valence-electron chi connectivity index (χ3n) is 2.44. The van der Waals surface area contributed by atoms with Crippen molar-refractivity contribution in [1.82, 2.24) is 0 Å². The Bertz CT molecular complexity index is 163. The molecule has 1 saturated carbocycles. The minimum Gasteiger partial charge on any atom is -0.303 e. The third kappa shape index (κ3) is 2.14. The normalized spacial score (nSPS) is 30.3. The van der Waals surface area contributed by atoms with Gasteiger partial charge in [-0.15, -0.1) is 0 Å². The quantitative estimate of drug-likeness (QED) is 0.578. The van der Waals surface area contributed by atoms with Gasteiger partial charge in [-0.05, 0) is 25.7 Å². The van der Waals surface area contributed by atoms with Gasteiger partial charge in [0.05, 0.1) is 0 Å². The van der Waals surface area contributed by atoms with Crippen molar-refractivity contribution in [3.63, 3.8) is 0 Å². The summed E-state index contributed by atoms with van der Waals surface area (Å²) in [5.41, 5.74) is 0. The van der Waals surface area contributed by atoms with Crippen LogP contribution in [-0.4, -0.2) is 12.1 Å². The Labute approximate surface area is 67.0 Å². The van der Waals surface area contributed by atoms with Crippen molar-refractivity contribution in [3.05, 3.63) is 0 Å². The Morgan fingerprint density at radius 3 is 2.82 bits per heavy atom. The Hall–Kier alpha value is -0.660. The monoisotopic (exact) mass is 154 g/mol. The summed E-state index contributed by atoms with van der Waals surface area (Å²) in [6, 6.07) is 0. The predicted octanol–water partition coefficient (Wildman–Crippen LogP) is 1.58. The fourth-order valence-electron chi connectivity index (χ4n) is 1.87. The highest BCUT2D eigenvalue weighted by molar-refractivity contribution is 5.76. The maximum Gasteiger partial charge on any atom is 0.130 e. The minimum absolute atomic E-state index is 0.166. The molecule has 2 unspecified atom stereocenters. The molecule has 0 aromatic rings. The number of carbonyl (C=O) groups is 2. The molecular weight excluding hydrogens is 140 g/mol. The number of aldehydes is 1. The van der Waals surface area contributed by atoms with Crippen LogP contribution in [0, 0.1) is 11.8 Å². The summed E-state index contributed by atoms with van der Waals surface area (Å²) < 4.78 is 0. The molecule has 0 aromatic carbocycles. The van der Waals surface area contributed by atoms with E-state index < -0.39 is 0 Å². The van der Waals surface area contributed by atoms with Gasteiger partial charge in [-0.1, -0.05) is 6.42 Å². The summed E-state index contributed by atoms with van der Waals surface area (Å²) in [7, 11) is 0. The molecule has 0 bridgehead atoms. The number of hydrogen-bond donors (Lipinski definition) is 0. The van der Waals surface area contributed by atoms with E-state index in [9.17, 15) is 9.59 Å². The first-order valence-electron chi connectivity index (χ1n) is 4.18. The average molecular weight is 154 g/mol. The van der Waals surface area contributed by atoms with Gasteiger partial charge >= 0.3 is 0 Å². The first-order chi connectivity index (χ1) is 5.24. The van der Waals surface area contributed by atoms with E-state index in [1.54, 1.807) is 6.92 Å². The smallest absolute Gasteiger partial charge is 0.130 e. The first kappa shape index (κ1) is 8.44. The van der Waals surface area contributed by atoms with E-state index in [4.69, 9.17) is 0 Å². The van der Waals surface area contributed by atoms with Gasteiger partial charge in [0.15, 0.2) is 0 Å². The average Bonchev–Trinajstić information content (AvgIpc) is 2.34. The van der Waals surface area contributed by atoms with Crippen LogP contribution in [0.5, 0.6) is 0 Å². The largest absolute Gasteiger partial charge is 0.303 e. The first-order valence-corrected chi connectivity index (χ1v) is 4.18. The highest BCUT2D eigenvalue weighted by atomic mass is 16.1. The van der Waals surface area contributed by atoms with Crippen LogP contribution in [0.25, 0.3) is 0 Å². The fourth-order valence-corrected chi connectivity index (χ4v) is 1.87. The van der Waals surface area contributed by atoms with Crippen LogP contribution in [0.4, 0.5) is 0 Å². The van der Waals surface area contributed by atoms with Crippen LogP contribution in [0.2, 0.25) is 0 Å². The van der Waals surface area contributed by atoms with Crippen LogP contribution in [0.1, 0.15) is 32.6 Å².